The number of benzene rings is 2. The van der Waals surface area contributed by atoms with Crippen molar-refractivity contribution in [1.29, 1.82) is 0 Å². The summed E-state index contributed by atoms with van der Waals surface area (Å²) in [5.74, 6) is 0.876. The summed E-state index contributed by atoms with van der Waals surface area (Å²) < 4.78 is 5.56. The third kappa shape index (κ3) is 6.15. The molecule has 32 heavy (non-hydrogen) atoms. The van der Waals surface area contributed by atoms with Gasteiger partial charge in [0.1, 0.15) is 10.8 Å². The fraction of sp³-hybridized carbons (Fsp3) is 0.231. The maximum Gasteiger partial charge on any atom is 0.231 e. The molecule has 1 N–H and O–H groups in total. The van der Waals surface area contributed by atoms with Gasteiger partial charge >= 0.3 is 0 Å². The van der Waals surface area contributed by atoms with Crippen LogP contribution in [-0.4, -0.2) is 15.8 Å². The van der Waals surface area contributed by atoms with E-state index >= 15 is 0 Å². The molecule has 0 atom stereocenters. The summed E-state index contributed by atoms with van der Waals surface area (Å²) in [6, 6.07) is 20.3. The lowest BCUT2D eigenvalue weighted by atomic mass is 10.1. The van der Waals surface area contributed by atoms with Crippen LogP contribution in [-0.2, 0) is 30.8 Å². The molecule has 164 valence electrons. The Morgan fingerprint density at radius 1 is 1.03 bits per heavy atom. The SMILES string of the molecule is Cc1ccc(C)c(NC(=O)Cc2nc(CN(Cc3ccccc3)Cc3ccco3)cs2)c1. The molecule has 4 rings (SSSR count). The molecule has 0 fully saturated rings. The number of nitrogens with zero attached hydrogens (tertiary/aromatic N) is 2. The van der Waals surface area contributed by atoms with Crippen LogP contribution in [0.25, 0.3) is 0 Å². The Hall–Kier alpha value is -3.22. The van der Waals surface area contributed by atoms with Crippen molar-refractivity contribution < 1.29 is 9.21 Å². The van der Waals surface area contributed by atoms with Crippen molar-refractivity contribution in [2.24, 2.45) is 0 Å². The first-order valence-electron chi connectivity index (χ1n) is 10.6. The highest BCUT2D eigenvalue weighted by Gasteiger charge is 2.14. The summed E-state index contributed by atoms with van der Waals surface area (Å²) in [6.45, 7) is 6.19. The minimum atomic E-state index is -0.0451. The van der Waals surface area contributed by atoms with Gasteiger partial charge < -0.3 is 9.73 Å². The molecule has 0 spiro atoms. The lowest BCUT2D eigenvalue weighted by Gasteiger charge is -2.20. The largest absolute Gasteiger partial charge is 0.468 e. The van der Waals surface area contributed by atoms with Gasteiger partial charge in [-0.05, 0) is 48.7 Å². The average molecular weight is 446 g/mol. The van der Waals surface area contributed by atoms with Crippen LogP contribution in [0.1, 0.15) is 33.2 Å². The molecule has 0 saturated carbocycles. The van der Waals surface area contributed by atoms with Gasteiger partial charge in [0, 0.05) is 24.2 Å². The van der Waals surface area contributed by atoms with E-state index < -0.39 is 0 Å². The highest BCUT2D eigenvalue weighted by atomic mass is 32.1. The fourth-order valence-electron chi connectivity index (χ4n) is 3.57. The predicted octanol–water partition coefficient (Wildman–Crippen LogP) is 5.74. The number of furan rings is 1. The van der Waals surface area contributed by atoms with Crippen molar-refractivity contribution in [3.05, 3.63) is 105 Å². The normalized spacial score (nSPS) is 11.1. The van der Waals surface area contributed by atoms with Crippen molar-refractivity contribution >= 4 is 22.9 Å². The molecule has 0 aliphatic rings. The van der Waals surface area contributed by atoms with Gasteiger partial charge in [-0.25, -0.2) is 4.98 Å². The zero-order chi connectivity index (χ0) is 22.3. The standard InChI is InChI=1S/C26H27N3O2S/c1-19-10-11-20(2)24(13-19)28-25(30)14-26-27-22(18-32-26)16-29(17-23-9-6-12-31-23)15-21-7-4-3-5-8-21/h3-13,18H,14-17H2,1-2H3,(H,28,30). The Bertz CT molecular complexity index is 1150. The Labute approximate surface area is 192 Å². The Morgan fingerprint density at radius 3 is 2.66 bits per heavy atom. The molecule has 2 heterocycles. The summed E-state index contributed by atoms with van der Waals surface area (Å²) in [6.07, 6.45) is 1.97. The Balaban J connectivity index is 1.40. The number of anilines is 1. The number of hydrogen-bond donors (Lipinski definition) is 1. The summed E-state index contributed by atoms with van der Waals surface area (Å²) in [5.41, 5.74) is 5.24. The van der Waals surface area contributed by atoms with E-state index in [4.69, 9.17) is 9.40 Å². The van der Waals surface area contributed by atoms with Crippen molar-refractivity contribution in [3.8, 4) is 0 Å². The number of aromatic nitrogens is 1. The zero-order valence-corrected chi connectivity index (χ0v) is 19.2. The van der Waals surface area contributed by atoms with Crippen molar-refractivity contribution in [3.63, 3.8) is 0 Å². The van der Waals surface area contributed by atoms with Crippen molar-refractivity contribution in [2.45, 2.75) is 39.9 Å². The van der Waals surface area contributed by atoms with E-state index in [1.54, 1.807) is 6.26 Å². The van der Waals surface area contributed by atoms with E-state index in [1.807, 2.05) is 55.6 Å². The number of aryl methyl sites for hydroxylation is 2. The quantitative estimate of drug-likeness (QED) is 0.357. The first-order valence-corrected chi connectivity index (χ1v) is 11.5. The van der Waals surface area contributed by atoms with Gasteiger partial charge in [0.05, 0.1) is 24.9 Å². The van der Waals surface area contributed by atoms with Gasteiger partial charge in [-0.1, -0.05) is 42.5 Å². The van der Waals surface area contributed by atoms with Crippen LogP contribution in [0.15, 0.2) is 76.7 Å². The van der Waals surface area contributed by atoms with Gasteiger partial charge in [-0.3, -0.25) is 9.69 Å². The molecule has 0 unspecified atom stereocenters. The van der Waals surface area contributed by atoms with Gasteiger partial charge in [0.15, 0.2) is 0 Å². The second-order valence-electron chi connectivity index (χ2n) is 7.99. The Morgan fingerprint density at radius 2 is 1.88 bits per heavy atom. The molecule has 5 nitrogen and oxygen atoms in total. The zero-order valence-electron chi connectivity index (χ0n) is 18.4. The Kier molecular flexibility index (Phi) is 7.14. The van der Waals surface area contributed by atoms with Crippen LogP contribution in [0.3, 0.4) is 0 Å². The molecule has 0 saturated heterocycles. The monoisotopic (exact) mass is 445 g/mol. The molecule has 2 aromatic carbocycles. The van der Waals surface area contributed by atoms with Gasteiger partial charge in [0.25, 0.3) is 0 Å². The number of carbonyl (C=O) groups excluding carboxylic acids is 1. The third-order valence-corrected chi connectivity index (χ3v) is 6.07. The van der Waals surface area contributed by atoms with E-state index in [1.165, 1.54) is 16.9 Å². The van der Waals surface area contributed by atoms with E-state index in [2.05, 4.69) is 34.5 Å². The summed E-state index contributed by atoms with van der Waals surface area (Å²) in [7, 11) is 0. The van der Waals surface area contributed by atoms with Crippen LogP contribution < -0.4 is 5.32 Å². The lowest BCUT2D eigenvalue weighted by Crippen LogP contribution is -2.22. The van der Waals surface area contributed by atoms with Crippen LogP contribution in [0.2, 0.25) is 0 Å². The van der Waals surface area contributed by atoms with E-state index in [-0.39, 0.29) is 12.3 Å². The maximum absolute atomic E-state index is 12.6. The number of carbonyl (C=O) groups is 1. The summed E-state index contributed by atoms with van der Waals surface area (Å²) >= 11 is 1.53. The summed E-state index contributed by atoms with van der Waals surface area (Å²) in [5, 5.41) is 5.88. The number of thiazole rings is 1. The minimum absolute atomic E-state index is 0.0451. The lowest BCUT2D eigenvalue weighted by molar-refractivity contribution is -0.115. The van der Waals surface area contributed by atoms with Gasteiger partial charge in [-0.15, -0.1) is 11.3 Å². The van der Waals surface area contributed by atoms with Crippen molar-refractivity contribution in [1.82, 2.24) is 9.88 Å². The predicted molar refractivity (Wildman–Crippen MR) is 128 cm³/mol. The van der Waals surface area contributed by atoms with E-state index in [0.29, 0.717) is 13.1 Å². The number of hydrogen-bond acceptors (Lipinski definition) is 5. The smallest absolute Gasteiger partial charge is 0.231 e. The van der Waals surface area contributed by atoms with Crippen LogP contribution in [0.5, 0.6) is 0 Å². The molecular formula is C26H27N3O2S. The molecule has 0 aliphatic heterocycles. The fourth-order valence-corrected chi connectivity index (χ4v) is 4.35. The number of rotatable bonds is 9. The molecule has 4 aromatic rings. The molecule has 0 bridgehead atoms. The molecule has 0 radical (unpaired) electrons. The van der Waals surface area contributed by atoms with E-state index in [0.717, 1.165) is 39.8 Å². The van der Waals surface area contributed by atoms with Crippen molar-refractivity contribution in [2.75, 3.05) is 5.32 Å². The molecular weight excluding hydrogens is 418 g/mol. The topological polar surface area (TPSA) is 58.4 Å². The van der Waals surface area contributed by atoms with Crippen LogP contribution in [0, 0.1) is 13.8 Å². The minimum Gasteiger partial charge on any atom is -0.468 e. The van der Waals surface area contributed by atoms with Gasteiger partial charge in [0.2, 0.25) is 5.91 Å². The van der Waals surface area contributed by atoms with Crippen LogP contribution in [0.4, 0.5) is 5.69 Å². The second-order valence-corrected chi connectivity index (χ2v) is 8.93. The number of amides is 1. The summed E-state index contributed by atoms with van der Waals surface area (Å²) in [4.78, 5) is 19.6. The molecule has 2 aromatic heterocycles. The van der Waals surface area contributed by atoms with Crippen LogP contribution >= 0.6 is 11.3 Å². The first kappa shape index (κ1) is 22.0. The number of nitrogens with one attached hydrogen (secondary N) is 1. The molecule has 0 aliphatic carbocycles. The highest BCUT2D eigenvalue weighted by molar-refractivity contribution is 7.09. The molecule has 6 heteroatoms. The van der Waals surface area contributed by atoms with Gasteiger partial charge in [-0.2, -0.15) is 0 Å². The second kappa shape index (κ2) is 10.4. The first-order chi connectivity index (χ1) is 15.5. The third-order valence-electron chi connectivity index (χ3n) is 5.17. The maximum atomic E-state index is 12.6. The average Bonchev–Trinajstić information content (AvgIpc) is 3.43. The van der Waals surface area contributed by atoms with E-state index in [9.17, 15) is 4.79 Å². The molecule has 1 amide bonds. The highest BCUT2D eigenvalue weighted by Crippen LogP contribution is 2.19.